The molecule has 1 aliphatic heterocycles. The highest BCUT2D eigenvalue weighted by Gasteiger charge is 2.52. The molecule has 1 aromatic heterocycles. The van der Waals surface area contributed by atoms with Crippen molar-refractivity contribution >= 4 is 23.6 Å². The second kappa shape index (κ2) is 5.14. The summed E-state index contributed by atoms with van der Waals surface area (Å²) < 4.78 is 12.3. The maximum atomic E-state index is 6.15. The molecular formula is C18H26BNO2. The molecule has 3 rings (SSSR count). The van der Waals surface area contributed by atoms with Crippen molar-refractivity contribution in [3.8, 4) is 0 Å². The third-order valence-electron chi connectivity index (χ3n) is 4.91. The van der Waals surface area contributed by atoms with Crippen molar-refractivity contribution in [3.05, 3.63) is 29.8 Å². The van der Waals surface area contributed by atoms with E-state index < -0.39 is 0 Å². The molecule has 22 heavy (non-hydrogen) atoms. The molecule has 0 unspecified atom stereocenters. The summed E-state index contributed by atoms with van der Waals surface area (Å²) in [7, 11) is -0.329. The Morgan fingerprint density at radius 2 is 1.73 bits per heavy atom. The van der Waals surface area contributed by atoms with E-state index >= 15 is 0 Å². The summed E-state index contributed by atoms with van der Waals surface area (Å²) in [6.45, 7) is 12.8. The Balaban J connectivity index is 1.97. The Bertz CT molecular complexity index is 671. The lowest BCUT2D eigenvalue weighted by atomic mass is 9.84. The minimum Gasteiger partial charge on any atom is -0.398 e. The highest BCUT2D eigenvalue weighted by Crippen LogP contribution is 2.36. The van der Waals surface area contributed by atoms with Crippen LogP contribution in [0.15, 0.2) is 24.3 Å². The molecule has 4 heteroatoms. The first kappa shape index (κ1) is 15.6. The molecule has 0 bridgehead atoms. The molecule has 0 aliphatic carbocycles. The Labute approximate surface area is 133 Å². The van der Waals surface area contributed by atoms with E-state index in [2.05, 4.69) is 70.8 Å². The third-order valence-corrected chi connectivity index (χ3v) is 4.91. The van der Waals surface area contributed by atoms with Crippen LogP contribution in [0.2, 0.25) is 0 Å². The molecule has 0 atom stereocenters. The van der Waals surface area contributed by atoms with E-state index in [0.717, 1.165) is 17.5 Å². The van der Waals surface area contributed by atoms with Gasteiger partial charge in [-0.3, -0.25) is 0 Å². The Morgan fingerprint density at radius 1 is 1.09 bits per heavy atom. The smallest absolute Gasteiger partial charge is 0.398 e. The van der Waals surface area contributed by atoms with Gasteiger partial charge >= 0.3 is 7.12 Å². The first-order valence-corrected chi connectivity index (χ1v) is 8.16. The monoisotopic (exact) mass is 299 g/mol. The van der Waals surface area contributed by atoms with Gasteiger partial charge in [0.2, 0.25) is 0 Å². The molecule has 118 valence electrons. The van der Waals surface area contributed by atoms with Crippen molar-refractivity contribution in [1.82, 2.24) is 4.98 Å². The number of hydrogen-bond acceptors (Lipinski definition) is 2. The first-order valence-electron chi connectivity index (χ1n) is 8.16. The van der Waals surface area contributed by atoms with Crippen molar-refractivity contribution in [3.63, 3.8) is 0 Å². The molecule has 0 saturated carbocycles. The molecule has 0 radical (unpaired) electrons. The Hall–Kier alpha value is -1.26. The lowest BCUT2D eigenvalue weighted by Gasteiger charge is -2.32. The molecule has 0 spiro atoms. The van der Waals surface area contributed by atoms with Gasteiger partial charge in [0.15, 0.2) is 0 Å². The topological polar surface area (TPSA) is 34.2 Å². The van der Waals surface area contributed by atoms with Gasteiger partial charge in [0.25, 0.3) is 0 Å². The van der Waals surface area contributed by atoms with Gasteiger partial charge in [0.05, 0.1) is 11.2 Å². The van der Waals surface area contributed by atoms with Gasteiger partial charge in [-0.25, -0.2) is 0 Å². The second-order valence-corrected chi connectivity index (χ2v) is 7.79. The summed E-state index contributed by atoms with van der Waals surface area (Å²) in [6, 6.07) is 8.64. The van der Waals surface area contributed by atoms with E-state index in [1.54, 1.807) is 0 Å². The van der Waals surface area contributed by atoms with Crippen LogP contribution in [-0.4, -0.2) is 23.3 Å². The lowest BCUT2D eigenvalue weighted by molar-refractivity contribution is 0.00578. The van der Waals surface area contributed by atoms with E-state index in [9.17, 15) is 0 Å². The van der Waals surface area contributed by atoms with Gasteiger partial charge in [-0.2, -0.15) is 0 Å². The van der Waals surface area contributed by atoms with Crippen LogP contribution in [0.5, 0.6) is 0 Å². The summed E-state index contributed by atoms with van der Waals surface area (Å²) in [6.07, 6.45) is 1.08. The van der Waals surface area contributed by atoms with Crippen LogP contribution >= 0.6 is 0 Å². The number of nitrogens with one attached hydrogen (secondary N) is 1. The highest BCUT2D eigenvalue weighted by atomic mass is 16.7. The number of rotatable bonds is 3. The normalized spacial score (nSPS) is 20.2. The molecule has 2 heterocycles. The molecule has 1 saturated heterocycles. The SMILES string of the molecule is CC(C)Cc1cccc2[nH]c(B3OC(C)(C)C(C)(C)O3)cc12. The molecule has 1 aliphatic rings. The van der Waals surface area contributed by atoms with Crippen molar-refractivity contribution in [2.75, 3.05) is 0 Å². The molecule has 2 aromatic rings. The minimum absolute atomic E-state index is 0.310. The number of benzene rings is 1. The number of aromatic nitrogens is 1. The summed E-state index contributed by atoms with van der Waals surface area (Å²) in [4.78, 5) is 3.48. The van der Waals surface area contributed by atoms with Crippen LogP contribution in [0.4, 0.5) is 0 Å². The first-order chi connectivity index (χ1) is 10.2. The molecule has 1 aromatic carbocycles. The van der Waals surface area contributed by atoms with Crippen molar-refractivity contribution in [2.45, 2.75) is 59.2 Å². The average Bonchev–Trinajstić information content (AvgIpc) is 2.89. The molecular weight excluding hydrogens is 273 g/mol. The van der Waals surface area contributed by atoms with Crippen molar-refractivity contribution in [2.24, 2.45) is 5.92 Å². The minimum atomic E-state index is -0.329. The Morgan fingerprint density at radius 3 is 2.32 bits per heavy atom. The van der Waals surface area contributed by atoms with Crippen LogP contribution in [0.25, 0.3) is 10.9 Å². The summed E-state index contributed by atoms with van der Waals surface area (Å²) in [5.74, 6) is 0.640. The fourth-order valence-corrected chi connectivity index (χ4v) is 2.95. The summed E-state index contributed by atoms with van der Waals surface area (Å²) in [5, 5.41) is 1.28. The largest absolute Gasteiger partial charge is 0.512 e. The van der Waals surface area contributed by atoms with Crippen LogP contribution in [0.1, 0.15) is 47.1 Å². The van der Waals surface area contributed by atoms with E-state index in [4.69, 9.17) is 9.31 Å². The lowest BCUT2D eigenvalue weighted by Crippen LogP contribution is -2.41. The van der Waals surface area contributed by atoms with Crippen LogP contribution in [0, 0.1) is 5.92 Å². The number of hydrogen-bond donors (Lipinski definition) is 1. The fourth-order valence-electron chi connectivity index (χ4n) is 2.95. The van der Waals surface area contributed by atoms with Gasteiger partial charge in [0.1, 0.15) is 0 Å². The van der Waals surface area contributed by atoms with Crippen LogP contribution < -0.4 is 5.59 Å². The molecule has 1 N–H and O–H groups in total. The van der Waals surface area contributed by atoms with Gasteiger partial charge < -0.3 is 14.3 Å². The zero-order valence-corrected chi connectivity index (χ0v) is 14.5. The summed E-state index contributed by atoms with van der Waals surface area (Å²) in [5.41, 5.74) is 2.92. The van der Waals surface area contributed by atoms with Crippen LogP contribution in [-0.2, 0) is 15.7 Å². The Kier molecular flexibility index (Phi) is 3.65. The van der Waals surface area contributed by atoms with Gasteiger partial charge in [-0.05, 0) is 57.7 Å². The highest BCUT2D eigenvalue weighted by molar-refractivity contribution is 6.61. The summed E-state index contributed by atoms with van der Waals surface area (Å²) >= 11 is 0. The van der Waals surface area contributed by atoms with E-state index in [-0.39, 0.29) is 18.3 Å². The number of H-pyrrole nitrogens is 1. The predicted octanol–water partition coefficient (Wildman–Crippen LogP) is 3.67. The molecule has 3 nitrogen and oxygen atoms in total. The third kappa shape index (κ3) is 2.59. The van der Waals surface area contributed by atoms with E-state index in [1.165, 1.54) is 10.9 Å². The maximum Gasteiger partial charge on any atom is 0.512 e. The predicted molar refractivity (Wildman–Crippen MR) is 92.6 cm³/mol. The quantitative estimate of drug-likeness (QED) is 0.878. The van der Waals surface area contributed by atoms with Crippen molar-refractivity contribution < 1.29 is 9.31 Å². The van der Waals surface area contributed by atoms with E-state index in [0.29, 0.717) is 5.92 Å². The van der Waals surface area contributed by atoms with Gasteiger partial charge in [0, 0.05) is 16.5 Å². The van der Waals surface area contributed by atoms with Crippen LogP contribution in [0.3, 0.4) is 0 Å². The van der Waals surface area contributed by atoms with Gasteiger partial charge in [-0.1, -0.05) is 26.0 Å². The second-order valence-electron chi connectivity index (χ2n) is 7.79. The zero-order chi connectivity index (χ0) is 16.1. The molecule has 0 amide bonds. The average molecular weight is 299 g/mol. The fraction of sp³-hybridized carbons (Fsp3) is 0.556. The van der Waals surface area contributed by atoms with E-state index in [1.807, 2.05) is 0 Å². The standard InChI is InChI=1S/C18H26BNO2/c1-12(2)10-13-8-7-9-15-14(13)11-16(20-15)19-21-17(3,4)18(5,6)22-19/h7-9,11-12,20H,10H2,1-6H3. The maximum absolute atomic E-state index is 6.15. The number of aromatic amines is 1. The van der Waals surface area contributed by atoms with Gasteiger partial charge in [-0.15, -0.1) is 0 Å². The number of fused-ring (bicyclic) bond motifs is 1. The zero-order valence-electron chi connectivity index (χ0n) is 14.5. The van der Waals surface area contributed by atoms with Crippen molar-refractivity contribution in [1.29, 1.82) is 0 Å². The molecule has 1 fully saturated rings.